The largest absolute Gasteiger partial charge is 0.416 e. The highest BCUT2D eigenvalue weighted by atomic mass is 32.2. The van der Waals surface area contributed by atoms with Crippen LogP contribution in [0, 0.1) is 6.92 Å². The van der Waals surface area contributed by atoms with Gasteiger partial charge in [0.05, 0.1) is 4.90 Å². The van der Waals surface area contributed by atoms with Crippen molar-refractivity contribution < 1.29 is 12.8 Å². The van der Waals surface area contributed by atoms with Crippen molar-refractivity contribution in [2.45, 2.75) is 63.6 Å². The number of nitrogens with zero attached hydrogens (tertiary/aromatic N) is 1. The standard InChI is InChI=1S/C22H34N2O3SSi/c1-18-7-9-21(10-8-18)28(25,26)24-15-12-19-11-14-23-17-20(19)13-16-27-29(5,6)22(2,3)4/h7-11,14,17,24H,12-13,15-16H2,1-6H3. The van der Waals surface area contributed by atoms with E-state index in [0.717, 1.165) is 23.1 Å². The number of aromatic nitrogens is 1. The third kappa shape index (κ3) is 6.74. The molecular formula is C22H34N2O3SSi. The van der Waals surface area contributed by atoms with Gasteiger partial charge >= 0.3 is 0 Å². The van der Waals surface area contributed by atoms with Crippen molar-refractivity contribution >= 4 is 18.3 Å². The van der Waals surface area contributed by atoms with Crippen LogP contribution in [0.3, 0.4) is 0 Å². The lowest BCUT2D eigenvalue weighted by molar-refractivity contribution is 0.291. The van der Waals surface area contributed by atoms with Crippen LogP contribution in [-0.2, 0) is 27.3 Å². The summed E-state index contributed by atoms with van der Waals surface area (Å²) in [6.45, 7) is 14.1. The number of benzene rings is 1. The number of hydrogen-bond donors (Lipinski definition) is 1. The monoisotopic (exact) mass is 434 g/mol. The van der Waals surface area contributed by atoms with Gasteiger partial charge in [0, 0.05) is 25.5 Å². The van der Waals surface area contributed by atoms with Gasteiger partial charge in [-0.05, 0) is 67.2 Å². The van der Waals surface area contributed by atoms with Crippen molar-refractivity contribution in [1.82, 2.24) is 9.71 Å². The quantitative estimate of drug-likeness (QED) is 0.591. The fraction of sp³-hybridized carbons (Fsp3) is 0.500. The molecule has 160 valence electrons. The molecule has 0 saturated heterocycles. The summed E-state index contributed by atoms with van der Waals surface area (Å²) in [7, 11) is -5.28. The number of sulfonamides is 1. The maximum absolute atomic E-state index is 12.5. The zero-order chi connectivity index (χ0) is 21.7. The Balaban J connectivity index is 1.94. The lowest BCUT2D eigenvalue weighted by Gasteiger charge is -2.36. The molecule has 0 aliphatic rings. The van der Waals surface area contributed by atoms with Gasteiger partial charge in [-0.15, -0.1) is 0 Å². The summed E-state index contributed by atoms with van der Waals surface area (Å²) >= 11 is 0. The van der Waals surface area contributed by atoms with E-state index in [1.165, 1.54) is 0 Å². The zero-order valence-corrected chi connectivity index (χ0v) is 20.3. The minimum absolute atomic E-state index is 0.180. The molecule has 2 rings (SSSR count). The van der Waals surface area contributed by atoms with Gasteiger partial charge in [-0.3, -0.25) is 4.98 Å². The molecule has 0 aliphatic carbocycles. The van der Waals surface area contributed by atoms with Gasteiger partial charge in [0.25, 0.3) is 0 Å². The van der Waals surface area contributed by atoms with E-state index in [1.54, 1.807) is 30.5 Å². The maximum atomic E-state index is 12.5. The highest BCUT2D eigenvalue weighted by molar-refractivity contribution is 7.89. The predicted molar refractivity (Wildman–Crippen MR) is 121 cm³/mol. The highest BCUT2D eigenvalue weighted by Crippen LogP contribution is 2.36. The normalized spacial score (nSPS) is 12.9. The van der Waals surface area contributed by atoms with Crippen molar-refractivity contribution in [3.05, 3.63) is 59.4 Å². The molecule has 0 radical (unpaired) electrons. The van der Waals surface area contributed by atoms with Crippen molar-refractivity contribution in [3.63, 3.8) is 0 Å². The number of pyridine rings is 1. The van der Waals surface area contributed by atoms with Gasteiger partial charge in [0.15, 0.2) is 8.32 Å². The van der Waals surface area contributed by atoms with Crippen LogP contribution in [-0.4, -0.2) is 34.9 Å². The molecule has 0 unspecified atom stereocenters. The minimum Gasteiger partial charge on any atom is -0.416 e. The number of aryl methyl sites for hydroxylation is 1. The Labute approximate surface area is 177 Å². The third-order valence-electron chi connectivity index (χ3n) is 5.66. The SMILES string of the molecule is Cc1ccc(S(=O)(=O)NCCc2ccncc2CCO[Si](C)(C)C(C)(C)C)cc1. The van der Waals surface area contributed by atoms with E-state index in [-0.39, 0.29) is 5.04 Å². The van der Waals surface area contributed by atoms with E-state index >= 15 is 0 Å². The van der Waals surface area contributed by atoms with Gasteiger partial charge in [-0.1, -0.05) is 38.5 Å². The first kappa shape index (κ1) is 23.7. The summed E-state index contributed by atoms with van der Waals surface area (Å²) in [5, 5.41) is 0.180. The predicted octanol–water partition coefficient (Wildman–Crippen LogP) is 4.48. The van der Waals surface area contributed by atoms with E-state index < -0.39 is 18.3 Å². The topological polar surface area (TPSA) is 68.3 Å². The summed E-state index contributed by atoms with van der Waals surface area (Å²) in [4.78, 5) is 4.53. The number of rotatable bonds is 9. The molecule has 1 aromatic carbocycles. The van der Waals surface area contributed by atoms with Crippen molar-refractivity contribution in [2.75, 3.05) is 13.2 Å². The van der Waals surface area contributed by atoms with Gasteiger partial charge in [-0.2, -0.15) is 0 Å². The van der Waals surface area contributed by atoms with Crippen LogP contribution in [0.1, 0.15) is 37.5 Å². The number of hydrogen-bond acceptors (Lipinski definition) is 4. The number of nitrogens with one attached hydrogen (secondary N) is 1. The average Bonchev–Trinajstić information content (AvgIpc) is 2.62. The first-order valence-corrected chi connectivity index (χ1v) is 14.4. The van der Waals surface area contributed by atoms with Crippen LogP contribution in [0.5, 0.6) is 0 Å². The van der Waals surface area contributed by atoms with E-state index in [1.807, 2.05) is 19.2 Å². The Morgan fingerprint density at radius 2 is 1.69 bits per heavy atom. The molecule has 0 atom stereocenters. The Morgan fingerprint density at radius 3 is 2.31 bits per heavy atom. The van der Waals surface area contributed by atoms with Crippen LogP contribution in [0.15, 0.2) is 47.6 Å². The minimum atomic E-state index is -3.50. The first-order valence-electron chi connectivity index (χ1n) is 10.0. The maximum Gasteiger partial charge on any atom is 0.240 e. The van der Waals surface area contributed by atoms with E-state index in [9.17, 15) is 8.42 Å². The molecule has 1 heterocycles. The fourth-order valence-corrected chi connectivity index (χ4v) is 4.76. The molecule has 0 aliphatic heterocycles. The molecule has 0 bridgehead atoms. The Bertz CT molecular complexity index is 904. The highest BCUT2D eigenvalue weighted by Gasteiger charge is 2.36. The van der Waals surface area contributed by atoms with Crippen LogP contribution in [0.4, 0.5) is 0 Å². The Kier molecular flexibility index (Phi) is 7.78. The molecule has 5 nitrogen and oxygen atoms in total. The summed E-state index contributed by atoms with van der Waals surface area (Å²) in [5.74, 6) is 0. The second-order valence-corrected chi connectivity index (χ2v) is 15.5. The summed E-state index contributed by atoms with van der Waals surface area (Å²) in [6.07, 6.45) is 5.00. The first-order chi connectivity index (χ1) is 13.4. The molecule has 1 aromatic heterocycles. The van der Waals surface area contributed by atoms with Gasteiger partial charge < -0.3 is 4.43 Å². The van der Waals surface area contributed by atoms with Crippen molar-refractivity contribution in [3.8, 4) is 0 Å². The molecule has 0 fully saturated rings. The zero-order valence-electron chi connectivity index (χ0n) is 18.5. The molecule has 29 heavy (non-hydrogen) atoms. The Morgan fingerprint density at radius 1 is 1.03 bits per heavy atom. The van der Waals surface area contributed by atoms with Crippen molar-refractivity contribution in [2.24, 2.45) is 0 Å². The average molecular weight is 435 g/mol. The van der Waals surface area contributed by atoms with E-state index in [4.69, 9.17) is 4.43 Å². The van der Waals surface area contributed by atoms with E-state index in [2.05, 4.69) is 43.6 Å². The van der Waals surface area contributed by atoms with Gasteiger partial charge in [0.1, 0.15) is 0 Å². The summed E-state index contributed by atoms with van der Waals surface area (Å²) < 4.78 is 33.9. The molecule has 2 aromatic rings. The van der Waals surface area contributed by atoms with Crippen LogP contribution < -0.4 is 4.72 Å². The van der Waals surface area contributed by atoms with Gasteiger partial charge in [0.2, 0.25) is 10.0 Å². The summed E-state index contributed by atoms with van der Waals surface area (Å²) in [6, 6.07) is 8.83. The van der Waals surface area contributed by atoms with Crippen LogP contribution in [0.2, 0.25) is 18.1 Å². The smallest absolute Gasteiger partial charge is 0.240 e. The lowest BCUT2D eigenvalue weighted by atomic mass is 10.1. The molecule has 1 N–H and O–H groups in total. The van der Waals surface area contributed by atoms with Gasteiger partial charge in [-0.25, -0.2) is 13.1 Å². The fourth-order valence-electron chi connectivity index (χ4n) is 2.68. The van der Waals surface area contributed by atoms with Crippen molar-refractivity contribution in [1.29, 1.82) is 0 Å². The molecule has 7 heteroatoms. The Hall–Kier alpha value is -1.54. The van der Waals surface area contributed by atoms with E-state index in [0.29, 0.717) is 24.5 Å². The lowest BCUT2D eigenvalue weighted by Crippen LogP contribution is -2.41. The molecule has 0 spiro atoms. The molecule has 0 saturated carbocycles. The van der Waals surface area contributed by atoms with Crippen LogP contribution in [0.25, 0.3) is 0 Å². The van der Waals surface area contributed by atoms with Crippen LogP contribution >= 0.6 is 0 Å². The molecule has 0 amide bonds. The second-order valence-electron chi connectivity index (χ2n) is 8.96. The second kappa shape index (κ2) is 9.51. The third-order valence-corrected chi connectivity index (χ3v) is 11.7. The summed E-state index contributed by atoms with van der Waals surface area (Å²) in [5.41, 5.74) is 3.25. The molecular weight excluding hydrogens is 400 g/mol.